The highest BCUT2D eigenvalue weighted by molar-refractivity contribution is 9.11. The maximum atomic E-state index is 6.61. The second kappa shape index (κ2) is 8.95. The van der Waals surface area contributed by atoms with Gasteiger partial charge in [-0.1, -0.05) is 33.6 Å². The summed E-state index contributed by atoms with van der Waals surface area (Å²) in [6, 6.07) is 0. The van der Waals surface area contributed by atoms with E-state index < -0.39 is 0 Å². The third-order valence-electron chi connectivity index (χ3n) is 4.53. The third-order valence-corrected chi connectivity index (χ3v) is 6.95. The third kappa shape index (κ3) is 4.50. The minimum Gasteiger partial charge on any atom is -0.501 e. The van der Waals surface area contributed by atoms with Crippen LogP contribution in [0, 0.1) is 5.92 Å². The van der Waals surface area contributed by atoms with Gasteiger partial charge in [0.05, 0.1) is 19.0 Å². The Morgan fingerprint density at radius 1 is 1.33 bits per heavy atom. The Labute approximate surface area is 162 Å². The van der Waals surface area contributed by atoms with Gasteiger partial charge < -0.3 is 4.74 Å². The van der Waals surface area contributed by atoms with E-state index in [4.69, 9.17) is 16.3 Å². The van der Waals surface area contributed by atoms with Gasteiger partial charge in [-0.2, -0.15) is 0 Å². The van der Waals surface area contributed by atoms with Crippen molar-refractivity contribution < 1.29 is 4.74 Å². The first-order valence-electron chi connectivity index (χ1n) is 8.48. The van der Waals surface area contributed by atoms with Crippen LogP contribution in [0.15, 0.2) is 44.0 Å². The molecule has 2 N–H and O–H groups in total. The number of hydrogen-bond donors (Lipinski definition) is 2. The second-order valence-electron chi connectivity index (χ2n) is 6.23. The molecule has 0 aromatic carbocycles. The van der Waals surface area contributed by atoms with Crippen molar-refractivity contribution in [3.8, 4) is 0 Å². The van der Waals surface area contributed by atoms with Crippen LogP contribution in [-0.4, -0.2) is 32.1 Å². The zero-order valence-electron chi connectivity index (χ0n) is 13.9. The molecular weight excluding hydrogens is 408 g/mol. The van der Waals surface area contributed by atoms with Crippen molar-refractivity contribution in [2.45, 2.75) is 31.8 Å². The molecule has 3 nitrogen and oxygen atoms in total. The minimum atomic E-state index is 0.228. The molecule has 2 aliphatic carbocycles. The summed E-state index contributed by atoms with van der Waals surface area (Å²) in [5, 5.41) is 8.13. The zero-order chi connectivity index (χ0) is 16.9. The fourth-order valence-corrected chi connectivity index (χ4v) is 5.45. The van der Waals surface area contributed by atoms with Crippen molar-refractivity contribution in [1.29, 1.82) is 0 Å². The number of methoxy groups -OCH3 is 1. The fraction of sp³-hybridized carbons (Fsp3) is 0.556. The molecule has 0 saturated carbocycles. The highest BCUT2D eigenvalue weighted by Crippen LogP contribution is 2.40. The maximum Gasteiger partial charge on any atom is 0.0998 e. The molecule has 1 atom stereocenters. The monoisotopic (exact) mass is 430 g/mol. The zero-order valence-corrected chi connectivity index (χ0v) is 17.1. The largest absolute Gasteiger partial charge is 0.501 e. The number of nitrogens with one attached hydrogen (secondary N) is 2. The first kappa shape index (κ1) is 18.6. The summed E-state index contributed by atoms with van der Waals surface area (Å²) in [5.41, 5.74) is 1.32. The smallest absolute Gasteiger partial charge is 0.0998 e. The van der Waals surface area contributed by atoms with Gasteiger partial charge in [0.2, 0.25) is 0 Å². The van der Waals surface area contributed by atoms with Crippen LogP contribution in [0.25, 0.3) is 0 Å². The average Bonchev–Trinajstić information content (AvgIpc) is 2.61. The van der Waals surface area contributed by atoms with Gasteiger partial charge >= 0.3 is 0 Å². The van der Waals surface area contributed by atoms with Crippen LogP contribution in [0.3, 0.4) is 0 Å². The Morgan fingerprint density at radius 3 is 2.88 bits per heavy atom. The first-order chi connectivity index (χ1) is 11.7. The van der Waals surface area contributed by atoms with E-state index in [1.165, 1.54) is 21.4 Å². The van der Waals surface area contributed by atoms with Gasteiger partial charge in [-0.15, -0.1) is 11.8 Å². The van der Waals surface area contributed by atoms with Gasteiger partial charge in [-0.05, 0) is 61.0 Å². The Morgan fingerprint density at radius 2 is 2.12 bits per heavy atom. The molecule has 1 fully saturated rings. The molecule has 0 radical (unpaired) electrons. The first-order valence-corrected chi connectivity index (χ1v) is 10.6. The van der Waals surface area contributed by atoms with Crippen LogP contribution in [0.5, 0.6) is 0 Å². The lowest BCUT2D eigenvalue weighted by atomic mass is 10.0. The van der Waals surface area contributed by atoms with Crippen LogP contribution >= 0.6 is 39.3 Å². The Balaban J connectivity index is 1.69. The summed E-state index contributed by atoms with van der Waals surface area (Å²) in [7, 11) is 1.75. The van der Waals surface area contributed by atoms with Crippen molar-refractivity contribution in [3.05, 3.63) is 44.0 Å². The molecule has 0 aromatic rings. The van der Waals surface area contributed by atoms with Crippen molar-refractivity contribution >= 4 is 39.3 Å². The summed E-state index contributed by atoms with van der Waals surface area (Å²) in [6.45, 7) is 2.11. The van der Waals surface area contributed by atoms with Gasteiger partial charge in [0.15, 0.2) is 0 Å². The molecule has 1 heterocycles. The van der Waals surface area contributed by atoms with E-state index in [0.717, 1.165) is 48.9 Å². The summed E-state index contributed by atoms with van der Waals surface area (Å²) < 4.78 is 6.78. The van der Waals surface area contributed by atoms with Gasteiger partial charge in [0.25, 0.3) is 0 Å². The second-order valence-corrected chi connectivity index (χ2v) is 8.73. The number of allylic oxidation sites excluding steroid dienone is 6. The Kier molecular flexibility index (Phi) is 6.93. The van der Waals surface area contributed by atoms with Crippen molar-refractivity contribution in [1.82, 2.24) is 10.6 Å². The number of halogens is 2. The molecule has 24 heavy (non-hydrogen) atoms. The highest BCUT2D eigenvalue weighted by Gasteiger charge is 2.26. The lowest BCUT2D eigenvalue weighted by Crippen LogP contribution is -2.49. The molecule has 1 unspecified atom stereocenters. The number of thioether (sulfide) groups is 1. The van der Waals surface area contributed by atoms with E-state index in [1.54, 1.807) is 7.11 Å². The quantitative estimate of drug-likeness (QED) is 0.665. The molecule has 6 heteroatoms. The summed E-state index contributed by atoms with van der Waals surface area (Å²) >= 11 is 12.1. The maximum absolute atomic E-state index is 6.61. The number of hydrogen-bond acceptors (Lipinski definition) is 4. The van der Waals surface area contributed by atoms with Crippen molar-refractivity contribution in [2.24, 2.45) is 5.92 Å². The molecule has 0 spiro atoms. The molecule has 3 aliphatic rings. The highest BCUT2D eigenvalue weighted by atomic mass is 79.9. The number of rotatable bonds is 5. The molecule has 3 rings (SSSR count). The lowest BCUT2D eigenvalue weighted by Gasteiger charge is -2.31. The van der Waals surface area contributed by atoms with E-state index in [2.05, 4.69) is 44.8 Å². The van der Waals surface area contributed by atoms with Crippen molar-refractivity contribution in [2.75, 3.05) is 26.0 Å². The Hall–Kier alpha value is -0.200. The van der Waals surface area contributed by atoms with Crippen LogP contribution in [0.2, 0.25) is 0 Å². The number of ether oxygens (including phenoxy) is 1. The van der Waals surface area contributed by atoms with Crippen molar-refractivity contribution in [3.63, 3.8) is 0 Å². The lowest BCUT2D eigenvalue weighted by molar-refractivity contribution is 0.247. The molecule has 1 saturated heterocycles. The average molecular weight is 432 g/mol. The van der Waals surface area contributed by atoms with E-state index in [-0.39, 0.29) is 6.17 Å². The summed E-state index contributed by atoms with van der Waals surface area (Å²) in [5.74, 6) is 2.41. The van der Waals surface area contributed by atoms with E-state index in [1.807, 2.05) is 11.8 Å². The molecule has 0 amide bonds. The predicted octanol–water partition coefficient (Wildman–Crippen LogP) is 4.63. The minimum absolute atomic E-state index is 0.228. The standard InChI is InChI=1S/C18H24BrClN2OS/c1-23-16-7-6-13(19)10-12(16)11-24-17-14(4-2-5-15(17)20)18-21-8-3-9-22-18/h4,6-7,12,18,21-22H,2-3,5,8-11H2,1H3. The van der Waals surface area contributed by atoms with Gasteiger partial charge in [0, 0.05) is 21.6 Å². The van der Waals surface area contributed by atoms with Crippen LogP contribution < -0.4 is 10.6 Å². The van der Waals surface area contributed by atoms with Gasteiger partial charge in [-0.25, -0.2) is 0 Å². The fourth-order valence-electron chi connectivity index (χ4n) is 3.27. The molecular formula is C18H24BrClN2OS. The van der Waals surface area contributed by atoms with Crippen LogP contribution in [-0.2, 0) is 4.74 Å². The SMILES string of the molecule is COC1=CC=C(Br)CC1CSC1=C(Cl)CCC=C1C1NCCCN1. The molecule has 132 valence electrons. The van der Waals surface area contributed by atoms with Gasteiger partial charge in [0.1, 0.15) is 0 Å². The van der Waals surface area contributed by atoms with E-state index in [9.17, 15) is 0 Å². The van der Waals surface area contributed by atoms with E-state index in [0.29, 0.717) is 5.92 Å². The summed E-state index contributed by atoms with van der Waals surface area (Å²) in [6.07, 6.45) is 10.8. The van der Waals surface area contributed by atoms with E-state index >= 15 is 0 Å². The normalized spacial score (nSPS) is 26.0. The Bertz CT molecular complexity index is 594. The molecule has 0 bridgehead atoms. The van der Waals surface area contributed by atoms with Gasteiger partial charge in [-0.3, -0.25) is 10.6 Å². The summed E-state index contributed by atoms with van der Waals surface area (Å²) in [4.78, 5) is 1.25. The molecule has 0 aromatic heterocycles. The molecule has 1 aliphatic heterocycles. The van der Waals surface area contributed by atoms with Crippen LogP contribution in [0.1, 0.15) is 25.7 Å². The topological polar surface area (TPSA) is 33.3 Å². The predicted molar refractivity (Wildman–Crippen MR) is 107 cm³/mol. The van der Waals surface area contributed by atoms with Crippen LogP contribution in [0.4, 0.5) is 0 Å².